The SMILES string of the molecule is CCc1cc(OCc2cc(F)cc(CN)c2)ccc1Cl. The number of hydrogen-bond donors (Lipinski definition) is 1. The van der Waals surface area contributed by atoms with Gasteiger partial charge in [-0.1, -0.05) is 24.6 Å². The minimum absolute atomic E-state index is 0.295. The molecule has 0 amide bonds. The number of aryl methyl sites for hydroxylation is 1. The van der Waals surface area contributed by atoms with Crippen molar-refractivity contribution in [2.45, 2.75) is 26.5 Å². The van der Waals surface area contributed by atoms with Crippen LogP contribution >= 0.6 is 11.6 Å². The fourth-order valence-electron chi connectivity index (χ4n) is 2.00. The van der Waals surface area contributed by atoms with Crippen LogP contribution in [0.5, 0.6) is 5.75 Å². The van der Waals surface area contributed by atoms with E-state index in [1.165, 1.54) is 12.1 Å². The Kier molecular flexibility index (Phi) is 4.99. The molecule has 0 saturated carbocycles. The maximum absolute atomic E-state index is 13.4. The van der Waals surface area contributed by atoms with Crippen molar-refractivity contribution in [2.75, 3.05) is 0 Å². The molecule has 0 fully saturated rings. The molecule has 0 unspecified atom stereocenters. The first kappa shape index (κ1) is 14.8. The van der Waals surface area contributed by atoms with Crippen LogP contribution in [-0.4, -0.2) is 0 Å². The quantitative estimate of drug-likeness (QED) is 0.901. The van der Waals surface area contributed by atoms with Crippen LogP contribution in [-0.2, 0) is 19.6 Å². The topological polar surface area (TPSA) is 35.2 Å². The van der Waals surface area contributed by atoms with Crippen molar-refractivity contribution < 1.29 is 9.13 Å². The van der Waals surface area contributed by atoms with Gasteiger partial charge in [-0.05, 0) is 53.4 Å². The molecule has 0 aliphatic carbocycles. The molecule has 0 spiro atoms. The van der Waals surface area contributed by atoms with E-state index in [0.29, 0.717) is 13.2 Å². The summed E-state index contributed by atoms with van der Waals surface area (Å²) in [6.07, 6.45) is 0.841. The van der Waals surface area contributed by atoms with Crippen LogP contribution in [0.15, 0.2) is 36.4 Å². The molecule has 2 rings (SSSR count). The Balaban J connectivity index is 2.10. The molecule has 2 aromatic rings. The predicted molar refractivity (Wildman–Crippen MR) is 79.5 cm³/mol. The third-order valence-electron chi connectivity index (χ3n) is 3.06. The van der Waals surface area contributed by atoms with Gasteiger partial charge >= 0.3 is 0 Å². The fraction of sp³-hybridized carbons (Fsp3) is 0.250. The van der Waals surface area contributed by atoms with Gasteiger partial charge in [-0.2, -0.15) is 0 Å². The number of hydrogen-bond acceptors (Lipinski definition) is 2. The zero-order valence-corrected chi connectivity index (χ0v) is 12.1. The van der Waals surface area contributed by atoms with E-state index in [-0.39, 0.29) is 5.82 Å². The largest absolute Gasteiger partial charge is 0.489 e. The average Bonchev–Trinajstić information content (AvgIpc) is 2.45. The van der Waals surface area contributed by atoms with Crippen LogP contribution in [0, 0.1) is 5.82 Å². The fourth-order valence-corrected chi connectivity index (χ4v) is 2.25. The monoisotopic (exact) mass is 293 g/mol. The van der Waals surface area contributed by atoms with Crippen LogP contribution < -0.4 is 10.5 Å². The van der Waals surface area contributed by atoms with Gasteiger partial charge in [0.2, 0.25) is 0 Å². The number of benzene rings is 2. The third kappa shape index (κ3) is 3.71. The zero-order chi connectivity index (χ0) is 14.5. The molecule has 0 heterocycles. The summed E-state index contributed by atoms with van der Waals surface area (Å²) in [5.74, 6) is 0.432. The van der Waals surface area contributed by atoms with E-state index in [9.17, 15) is 4.39 Å². The van der Waals surface area contributed by atoms with Crippen LogP contribution in [0.4, 0.5) is 4.39 Å². The summed E-state index contributed by atoms with van der Waals surface area (Å²) < 4.78 is 19.1. The van der Waals surface area contributed by atoms with Crippen LogP contribution in [0.25, 0.3) is 0 Å². The van der Waals surface area contributed by atoms with Gasteiger partial charge in [-0.15, -0.1) is 0 Å². The first-order valence-electron chi connectivity index (χ1n) is 6.52. The number of ether oxygens (including phenoxy) is 1. The summed E-state index contributed by atoms with van der Waals surface area (Å²) in [6.45, 7) is 2.65. The zero-order valence-electron chi connectivity index (χ0n) is 11.3. The van der Waals surface area contributed by atoms with Gasteiger partial charge in [0, 0.05) is 11.6 Å². The van der Waals surface area contributed by atoms with Gasteiger partial charge in [-0.25, -0.2) is 4.39 Å². The lowest BCUT2D eigenvalue weighted by Crippen LogP contribution is -2.01. The Hall–Kier alpha value is -1.58. The molecule has 0 aromatic heterocycles. The highest BCUT2D eigenvalue weighted by Crippen LogP contribution is 2.23. The second-order valence-electron chi connectivity index (χ2n) is 4.57. The molecule has 106 valence electrons. The number of halogens is 2. The second kappa shape index (κ2) is 6.73. The van der Waals surface area contributed by atoms with E-state index < -0.39 is 0 Å². The van der Waals surface area contributed by atoms with E-state index in [4.69, 9.17) is 22.1 Å². The molecule has 2 aromatic carbocycles. The molecule has 0 radical (unpaired) electrons. The van der Waals surface area contributed by atoms with Gasteiger partial charge in [0.05, 0.1) is 0 Å². The molecular weight excluding hydrogens is 277 g/mol. The number of nitrogens with two attached hydrogens (primary N) is 1. The van der Waals surface area contributed by atoms with Gasteiger partial charge in [0.1, 0.15) is 18.2 Å². The Morgan fingerprint density at radius 2 is 1.90 bits per heavy atom. The molecule has 0 aliphatic heterocycles. The van der Waals surface area contributed by atoms with E-state index in [0.717, 1.165) is 33.9 Å². The lowest BCUT2D eigenvalue weighted by molar-refractivity contribution is 0.305. The first-order valence-corrected chi connectivity index (χ1v) is 6.89. The predicted octanol–water partition coefficient (Wildman–Crippen LogP) is 4.08. The van der Waals surface area contributed by atoms with Crippen molar-refractivity contribution >= 4 is 11.6 Å². The smallest absolute Gasteiger partial charge is 0.123 e. The number of rotatable bonds is 5. The Morgan fingerprint density at radius 3 is 2.60 bits per heavy atom. The summed E-state index contributed by atoms with van der Waals surface area (Å²) in [6, 6.07) is 10.3. The van der Waals surface area contributed by atoms with E-state index in [2.05, 4.69) is 0 Å². The van der Waals surface area contributed by atoms with E-state index in [1.54, 1.807) is 0 Å². The molecule has 2 nitrogen and oxygen atoms in total. The van der Waals surface area contributed by atoms with Gasteiger partial charge in [0.15, 0.2) is 0 Å². The summed E-state index contributed by atoms with van der Waals surface area (Å²) in [5.41, 5.74) is 8.08. The highest BCUT2D eigenvalue weighted by molar-refractivity contribution is 6.31. The van der Waals surface area contributed by atoms with Crippen LogP contribution in [0.1, 0.15) is 23.6 Å². The third-order valence-corrected chi connectivity index (χ3v) is 3.43. The first-order chi connectivity index (χ1) is 9.62. The van der Waals surface area contributed by atoms with Gasteiger partial charge in [-0.3, -0.25) is 0 Å². The highest BCUT2D eigenvalue weighted by Gasteiger charge is 2.04. The average molecular weight is 294 g/mol. The van der Waals surface area contributed by atoms with Crippen molar-refractivity contribution in [1.82, 2.24) is 0 Å². The van der Waals surface area contributed by atoms with Crippen LogP contribution in [0.3, 0.4) is 0 Å². The molecule has 0 bridgehead atoms. The van der Waals surface area contributed by atoms with Gasteiger partial charge < -0.3 is 10.5 Å². The Bertz CT molecular complexity index is 601. The molecule has 20 heavy (non-hydrogen) atoms. The van der Waals surface area contributed by atoms with Crippen molar-refractivity contribution in [2.24, 2.45) is 5.73 Å². The minimum atomic E-state index is -0.295. The highest BCUT2D eigenvalue weighted by atomic mass is 35.5. The maximum atomic E-state index is 13.4. The summed E-state index contributed by atoms with van der Waals surface area (Å²) in [7, 11) is 0. The Morgan fingerprint density at radius 1 is 1.15 bits per heavy atom. The molecule has 4 heteroatoms. The maximum Gasteiger partial charge on any atom is 0.123 e. The lowest BCUT2D eigenvalue weighted by atomic mass is 10.1. The van der Waals surface area contributed by atoms with E-state index in [1.807, 2.05) is 31.2 Å². The normalized spacial score (nSPS) is 10.6. The van der Waals surface area contributed by atoms with Crippen molar-refractivity contribution in [1.29, 1.82) is 0 Å². The van der Waals surface area contributed by atoms with E-state index >= 15 is 0 Å². The minimum Gasteiger partial charge on any atom is -0.489 e. The van der Waals surface area contributed by atoms with Crippen molar-refractivity contribution in [3.63, 3.8) is 0 Å². The van der Waals surface area contributed by atoms with Crippen molar-refractivity contribution in [3.8, 4) is 5.75 Å². The van der Waals surface area contributed by atoms with Crippen LogP contribution in [0.2, 0.25) is 5.02 Å². The standard InChI is InChI=1S/C16H17ClFNO/c1-2-13-8-15(3-4-16(13)17)20-10-12-5-11(9-19)6-14(18)7-12/h3-8H,2,9-10,19H2,1H3. The second-order valence-corrected chi connectivity index (χ2v) is 4.97. The summed E-state index contributed by atoms with van der Waals surface area (Å²) in [4.78, 5) is 0. The molecular formula is C16H17ClFNO. The van der Waals surface area contributed by atoms with Crippen molar-refractivity contribution in [3.05, 3.63) is 63.9 Å². The molecule has 0 aliphatic rings. The Labute approximate surface area is 123 Å². The molecule has 0 atom stereocenters. The molecule has 0 saturated heterocycles. The summed E-state index contributed by atoms with van der Waals surface area (Å²) in [5, 5.41) is 0.732. The lowest BCUT2D eigenvalue weighted by Gasteiger charge is -2.10. The summed E-state index contributed by atoms with van der Waals surface area (Å²) >= 11 is 6.05. The van der Waals surface area contributed by atoms with Gasteiger partial charge in [0.25, 0.3) is 0 Å². The molecule has 2 N–H and O–H groups in total.